The molecule has 2 aromatic heterocycles. The predicted molar refractivity (Wildman–Crippen MR) is 122 cm³/mol. The number of hydrogen-bond donors (Lipinski definition) is 8. The number of nitrogen functional groups attached to an aromatic ring is 1. The highest BCUT2D eigenvalue weighted by Crippen LogP contribution is 2.47. The molecular formula is C17H26N9O10P. The standard InChI is InChI=1S/C17H26N9O10P/c18-15(19)25-17(30)22-10-2-8(7(28)3-33-10)36-37(31,32)34-4-9-6(27)1-11(35-9)26-5-21-12-13(26)23-16(20)24-14(12)29/h5-11,27-28H,1-4H2,(H,31,32)(H3,20,23,24,29)(H5,18,19,22,25,30)/t6-,7+,8-,9+,10-,11+/m0/s1. The molecule has 2 amide bonds. The SMILES string of the molecule is NC(N)=NC(=O)N[C@@H]1C[C@H](OP(=O)(O)OC[C@H]2O[C@@H](n3cnc4c(=O)[nH]c(N)nc43)C[C@@H]2O)[C@H](O)CO1. The zero-order chi connectivity index (χ0) is 26.9. The molecule has 0 saturated carbocycles. The van der Waals surface area contributed by atoms with E-state index in [1.807, 2.05) is 0 Å². The highest BCUT2D eigenvalue weighted by atomic mass is 31.2. The molecule has 1 unspecified atom stereocenters. The van der Waals surface area contributed by atoms with Gasteiger partial charge in [-0.2, -0.15) is 9.98 Å². The third-order valence-corrected chi connectivity index (χ3v) is 6.51. The Balaban J connectivity index is 1.34. The van der Waals surface area contributed by atoms with Crippen molar-refractivity contribution in [1.29, 1.82) is 0 Å². The van der Waals surface area contributed by atoms with E-state index in [9.17, 15) is 29.3 Å². The molecule has 204 valence electrons. The molecule has 11 N–H and O–H groups in total. The molecule has 19 nitrogen and oxygen atoms in total. The molecule has 7 atom stereocenters. The van der Waals surface area contributed by atoms with E-state index in [4.69, 9.17) is 35.7 Å². The van der Waals surface area contributed by atoms with Crippen molar-refractivity contribution in [3.63, 3.8) is 0 Å². The van der Waals surface area contributed by atoms with Gasteiger partial charge in [-0.15, -0.1) is 0 Å². The van der Waals surface area contributed by atoms with Crippen LogP contribution in [0.5, 0.6) is 0 Å². The van der Waals surface area contributed by atoms with Crippen LogP contribution in [0.3, 0.4) is 0 Å². The van der Waals surface area contributed by atoms with Gasteiger partial charge >= 0.3 is 13.9 Å². The number of nitrogens with zero attached hydrogens (tertiary/aromatic N) is 4. The van der Waals surface area contributed by atoms with Crippen LogP contribution < -0.4 is 28.1 Å². The maximum atomic E-state index is 12.5. The number of hydrogen-bond acceptors (Lipinski definition) is 12. The Labute approximate surface area is 207 Å². The zero-order valence-electron chi connectivity index (χ0n) is 19.0. The second kappa shape index (κ2) is 10.7. The zero-order valence-corrected chi connectivity index (χ0v) is 19.9. The van der Waals surface area contributed by atoms with Gasteiger partial charge in [-0.05, 0) is 0 Å². The molecule has 2 aliphatic rings. The van der Waals surface area contributed by atoms with Crippen LogP contribution in [-0.2, 0) is 23.1 Å². The number of anilines is 1. The van der Waals surface area contributed by atoms with Crippen LogP contribution in [0.2, 0.25) is 0 Å². The van der Waals surface area contributed by atoms with Gasteiger partial charge in [0.05, 0.1) is 25.6 Å². The summed E-state index contributed by atoms with van der Waals surface area (Å²) in [5.41, 5.74) is 15.4. The van der Waals surface area contributed by atoms with Crippen LogP contribution in [0, 0.1) is 0 Å². The molecule has 4 rings (SSSR count). The summed E-state index contributed by atoms with van der Waals surface area (Å²) < 4.78 is 34.9. The molecule has 4 heterocycles. The smallest absolute Gasteiger partial charge is 0.390 e. The topological polar surface area (TPSA) is 298 Å². The Kier molecular flexibility index (Phi) is 7.76. The predicted octanol–water partition coefficient (Wildman–Crippen LogP) is -3.06. The summed E-state index contributed by atoms with van der Waals surface area (Å²) in [5.74, 6) is -0.618. The van der Waals surface area contributed by atoms with Gasteiger partial charge in [0.15, 0.2) is 17.1 Å². The van der Waals surface area contributed by atoms with E-state index in [1.165, 1.54) is 10.9 Å². The van der Waals surface area contributed by atoms with Crippen LogP contribution in [0.25, 0.3) is 11.2 Å². The number of carbonyl (C=O) groups is 1. The number of amides is 2. The minimum absolute atomic E-state index is 0.0167. The second-order valence-electron chi connectivity index (χ2n) is 8.23. The average Bonchev–Trinajstić information content (AvgIpc) is 3.37. The molecule has 0 bridgehead atoms. The normalized spacial score (nSPS) is 29.6. The number of guanidine groups is 1. The molecule has 0 radical (unpaired) electrons. The Morgan fingerprint density at radius 2 is 2.11 bits per heavy atom. The lowest BCUT2D eigenvalue weighted by Gasteiger charge is -2.33. The number of aliphatic imine (C=N–C) groups is 1. The molecule has 20 heteroatoms. The van der Waals surface area contributed by atoms with E-state index in [-0.39, 0.29) is 36.6 Å². The molecule has 2 aliphatic heterocycles. The second-order valence-corrected chi connectivity index (χ2v) is 9.63. The number of aliphatic hydroxyl groups excluding tert-OH is 2. The Morgan fingerprint density at radius 3 is 2.84 bits per heavy atom. The molecule has 37 heavy (non-hydrogen) atoms. The number of phosphoric acid groups is 1. The number of H-pyrrole nitrogens is 1. The van der Waals surface area contributed by atoms with Crippen molar-refractivity contribution in [3.05, 3.63) is 16.7 Å². The quantitative estimate of drug-likeness (QED) is 0.0969. The molecule has 0 aliphatic carbocycles. The summed E-state index contributed by atoms with van der Waals surface area (Å²) in [6, 6.07) is -0.918. The molecule has 2 aromatic rings. The van der Waals surface area contributed by atoms with E-state index < -0.39 is 68.9 Å². The molecule has 2 fully saturated rings. The fraction of sp³-hybridized carbons (Fsp3) is 0.588. The number of aliphatic hydroxyl groups is 2. The summed E-state index contributed by atoms with van der Waals surface area (Å²) in [5, 5.41) is 22.8. The van der Waals surface area contributed by atoms with Gasteiger partial charge in [-0.25, -0.2) is 14.3 Å². The van der Waals surface area contributed by atoms with Crippen molar-refractivity contribution in [2.24, 2.45) is 16.5 Å². The average molecular weight is 547 g/mol. The van der Waals surface area contributed by atoms with E-state index in [2.05, 4.69) is 25.3 Å². The first-order valence-electron chi connectivity index (χ1n) is 10.8. The fourth-order valence-electron chi connectivity index (χ4n) is 3.82. The number of urea groups is 1. The number of fused-ring (bicyclic) bond motifs is 1. The van der Waals surface area contributed by atoms with Crippen molar-refractivity contribution in [2.45, 2.75) is 49.7 Å². The number of nitrogens with one attached hydrogen (secondary N) is 2. The number of phosphoric ester groups is 1. The highest BCUT2D eigenvalue weighted by molar-refractivity contribution is 7.47. The molecule has 0 spiro atoms. The van der Waals surface area contributed by atoms with Gasteiger partial charge in [-0.3, -0.25) is 23.4 Å². The number of aromatic nitrogens is 4. The Bertz CT molecular complexity index is 1280. The summed E-state index contributed by atoms with van der Waals surface area (Å²) in [4.78, 5) is 47.4. The first kappa shape index (κ1) is 26.9. The monoisotopic (exact) mass is 547 g/mol. The van der Waals surface area contributed by atoms with Gasteiger partial charge in [0.25, 0.3) is 5.56 Å². The number of carbonyl (C=O) groups excluding carboxylic acids is 1. The first-order chi connectivity index (χ1) is 17.4. The van der Waals surface area contributed by atoms with Gasteiger partial charge in [-0.1, -0.05) is 0 Å². The van der Waals surface area contributed by atoms with Gasteiger partial charge in [0.2, 0.25) is 5.95 Å². The summed E-state index contributed by atoms with van der Waals surface area (Å²) in [6.45, 7) is -0.887. The number of nitrogens with two attached hydrogens (primary N) is 3. The number of imidazole rings is 1. The van der Waals surface area contributed by atoms with Crippen LogP contribution in [0.1, 0.15) is 19.1 Å². The third-order valence-electron chi connectivity index (χ3n) is 5.49. The molecule has 2 saturated heterocycles. The summed E-state index contributed by atoms with van der Waals surface area (Å²) in [6.07, 6.45) is -5.50. The Hall–Kier alpha value is -3.16. The number of ether oxygens (including phenoxy) is 2. The lowest BCUT2D eigenvalue weighted by molar-refractivity contribution is -0.125. The molecular weight excluding hydrogens is 521 g/mol. The van der Waals surface area contributed by atoms with Gasteiger partial charge < -0.3 is 47.1 Å². The van der Waals surface area contributed by atoms with E-state index in [0.717, 1.165) is 0 Å². The summed E-state index contributed by atoms with van der Waals surface area (Å²) >= 11 is 0. The highest BCUT2D eigenvalue weighted by Gasteiger charge is 2.41. The van der Waals surface area contributed by atoms with Crippen LogP contribution in [0.4, 0.5) is 10.7 Å². The van der Waals surface area contributed by atoms with Gasteiger partial charge in [0, 0.05) is 12.8 Å². The largest absolute Gasteiger partial charge is 0.472 e. The lowest BCUT2D eigenvalue weighted by Crippen LogP contribution is -2.49. The van der Waals surface area contributed by atoms with E-state index in [0.29, 0.717) is 0 Å². The first-order valence-corrected chi connectivity index (χ1v) is 12.3. The van der Waals surface area contributed by atoms with Crippen molar-refractivity contribution in [1.82, 2.24) is 24.8 Å². The van der Waals surface area contributed by atoms with Crippen LogP contribution in [0.15, 0.2) is 16.1 Å². The minimum atomic E-state index is -4.77. The number of aromatic amines is 1. The van der Waals surface area contributed by atoms with Crippen molar-refractivity contribution in [3.8, 4) is 0 Å². The van der Waals surface area contributed by atoms with Crippen molar-refractivity contribution < 1.29 is 43.0 Å². The number of rotatable bonds is 7. The molecule has 0 aromatic carbocycles. The van der Waals surface area contributed by atoms with E-state index >= 15 is 0 Å². The van der Waals surface area contributed by atoms with Crippen molar-refractivity contribution >= 4 is 36.9 Å². The minimum Gasteiger partial charge on any atom is -0.390 e. The third kappa shape index (κ3) is 6.40. The fourth-order valence-corrected chi connectivity index (χ4v) is 4.78. The maximum Gasteiger partial charge on any atom is 0.472 e. The Morgan fingerprint density at radius 1 is 1.35 bits per heavy atom. The van der Waals surface area contributed by atoms with Gasteiger partial charge in [0.1, 0.15) is 30.8 Å². The van der Waals surface area contributed by atoms with E-state index in [1.54, 1.807) is 0 Å². The maximum absolute atomic E-state index is 12.5. The van der Waals surface area contributed by atoms with Crippen LogP contribution in [-0.4, -0.2) is 90.5 Å². The van der Waals surface area contributed by atoms with Crippen LogP contribution >= 0.6 is 7.82 Å². The van der Waals surface area contributed by atoms with Crippen molar-refractivity contribution in [2.75, 3.05) is 18.9 Å². The lowest BCUT2D eigenvalue weighted by atomic mass is 10.1. The summed E-state index contributed by atoms with van der Waals surface area (Å²) in [7, 11) is -4.77.